The van der Waals surface area contributed by atoms with Gasteiger partial charge in [-0.05, 0) is 31.7 Å². The lowest BCUT2D eigenvalue weighted by molar-refractivity contribution is -0.143. The van der Waals surface area contributed by atoms with Gasteiger partial charge in [0.25, 0.3) is 0 Å². The van der Waals surface area contributed by atoms with Gasteiger partial charge in [-0.2, -0.15) is 13.2 Å². The largest absolute Gasteiger partial charge is 0.401 e. The molecule has 25 heavy (non-hydrogen) atoms. The number of alkyl halides is 3. The molecule has 2 saturated heterocycles. The molecule has 2 amide bonds. The number of nitrogens with one attached hydrogen (secondary N) is 2. The van der Waals surface area contributed by atoms with Gasteiger partial charge in [-0.25, -0.2) is 17.5 Å². The minimum atomic E-state index is -4.19. The maximum absolute atomic E-state index is 12.3. The quantitative estimate of drug-likeness (QED) is 0.725. The van der Waals surface area contributed by atoms with E-state index in [9.17, 15) is 26.4 Å². The third kappa shape index (κ3) is 6.98. The first-order valence-corrected chi connectivity index (χ1v) is 10.2. The number of hydrogen-bond donors (Lipinski definition) is 2. The van der Waals surface area contributed by atoms with E-state index < -0.39 is 22.7 Å². The molecule has 0 radical (unpaired) electrons. The molecule has 2 aliphatic heterocycles. The summed E-state index contributed by atoms with van der Waals surface area (Å²) in [5.74, 6) is 0.0141. The number of halogens is 3. The second kappa shape index (κ2) is 8.09. The molecule has 0 spiro atoms. The van der Waals surface area contributed by atoms with Crippen LogP contribution in [0.3, 0.4) is 0 Å². The molecule has 11 heteroatoms. The van der Waals surface area contributed by atoms with Gasteiger partial charge < -0.3 is 10.6 Å². The standard InChI is InChI=1S/C14H25F3N4O3S/c1-25(23,24)21-6-3-12(4-7-21)19-13(22)18-8-11-2-5-20(9-11)10-14(15,16)17/h11-12H,2-10H2,1H3,(H2,18,19,22). The Bertz CT molecular complexity index is 562. The second-order valence-corrected chi connectivity index (χ2v) is 8.78. The molecule has 146 valence electrons. The van der Waals surface area contributed by atoms with Gasteiger partial charge in [0.2, 0.25) is 10.0 Å². The van der Waals surface area contributed by atoms with E-state index in [0.717, 1.165) is 6.26 Å². The van der Waals surface area contributed by atoms with E-state index in [-0.39, 0.29) is 18.0 Å². The first-order chi connectivity index (χ1) is 11.5. The summed E-state index contributed by atoms with van der Waals surface area (Å²) in [6, 6.07) is -0.449. The van der Waals surface area contributed by atoms with Gasteiger partial charge in [0.05, 0.1) is 12.8 Å². The molecular formula is C14H25F3N4O3S. The van der Waals surface area contributed by atoms with E-state index in [1.807, 2.05) is 0 Å². The number of amides is 2. The van der Waals surface area contributed by atoms with Crippen LogP contribution in [0.1, 0.15) is 19.3 Å². The molecule has 7 nitrogen and oxygen atoms in total. The highest BCUT2D eigenvalue weighted by atomic mass is 32.2. The summed E-state index contributed by atoms with van der Waals surface area (Å²) < 4.78 is 61.3. The molecule has 0 saturated carbocycles. The van der Waals surface area contributed by atoms with Crippen LogP contribution in [-0.4, -0.2) is 81.4 Å². The number of likely N-dealkylation sites (tertiary alicyclic amines) is 1. The lowest BCUT2D eigenvalue weighted by Gasteiger charge is -2.30. The summed E-state index contributed by atoms with van der Waals surface area (Å²) in [4.78, 5) is 13.3. The first-order valence-electron chi connectivity index (χ1n) is 8.31. The Morgan fingerprint density at radius 3 is 2.36 bits per heavy atom. The normalized spacial score (nSPS) is 24.4. The van der Waals surface area contributed by atoms with Crippen molar-refractivity contribution in [2.24, 2.45) is 5.92 Å². The van der Waals surface area contributed by atoms with Crippen molar-refractivity contribution >= 4 is 16.1 Å². The van der Waals surface area contributed by atoms with Gasteiger partial charge in [-0.15, -0.1) is 0 Å². The van der Waals surface area contributed by atoms with Gasteiger partial charge in [0, 0.05) is 32.2 Å². The van der Waals surface area contributed by atoms with Crippen molar-refractivity contribution in [3.8, 4) is 0 Å². The molecule has 0 aromatic rings. The number of hydrogen-bond acceptors (Lipinski definition) is 4. The highest BCUT2D eigenvalue weighted by Gasteiger charge is 2.34. The number of sulfonamides is 1. The molecule has 0 aliphatic carbocycles. The smallest absolute Gasteiger partial charge is 0.338 e. The van der Waals surface area contributed by atoms with Crippen LogP contribution in [0.25, 0.3) is 0 Å². The van der Waals surface area contributed by atoms with Crippen molar-refractivity contribution in [1.82, 2.24) is 19.8 Å². The zero-order chi connectivity index (χ0) is 18.7. The number of carbonyl (C=O) groups excluding carboxylic acids is 1. The van der Waals surface area contributed by atoms with E-state index in [4.69, 9.17) is 0 Å². The predicted molar refractivity (Wildman–Crippen MR) is 86.6 cm³/mol. The number of rotatable bonds is 5. The molecule has 0 aromatic heterocycles. The van der Waals surface area contributed by atoms with Gasteiger partial charge >= 0.3 is 12.2 Å². The molecule has 2 aliphatic rings. The van der Waals surface area contributed by atoms with Crippen LogP contribution in [0.15, 0.2) is 0 Å². The summed E-state index contributed by atoms with van der Waals surface area (Å²) in [5.41, 5.74) is 0. The molecule has 2 N–H and O–H groups in total. The van der Waals surface area contributed by atoms with Gasteiger partial charge in [-0.1, -0.05) is 0 Å². The van der Waals surface area contributed by atoms with Crippen molar-refractivity contribution in [2.75, 3.05) is 45.5 Å². The van der Waals surface area contributed by atoms with Crippen LogP contribution in [0, 0.1) is 5.92 Å². The fourth-order valence-corrected chi connectivity index (χ4v) is 4.16. The summed E-state index contributed by atoms with van der Waals surface area (Å²) in [7, 11) is -3.20. The van der Waals surface area contributed by atoms with E-state index in [2.05, 4.69) is 10.6 Å². The SMILES string of the molecule is CS(=O)(=O)N1CCC(NC(=O)NCC2CCN(CC(F)(F)F)C2)CC1. The number of carbonyl (C=O) groups is 1. The summed E-state index contributed by atoms with van der Waals surface area (Å²) in [6.45, 7) is 0.887. The van der Waals surface area contributed by atoms with Crippen LogP contribution in [0.4, 0.5) is 18.0 Å². The minimum absolute atomic E-state index is 0.0141. The third-order valence-corrected chi connectivity index (χ3v) is 5.89. The Balaban J connectivity index is 1.64. The van der Waals surface area contributed by atoms with E-state index >= 15 is 0 Å². The van der Waals surface area contributed by atoms with Crippen LogP contribution in [0.5, 0.6) is 0 Å². The highest BCUT2D eigenvalue weighted by molar-refractivity contribution is 7.88. The number of piperidine rings is 1. The summed E-state index contributed by atoms with van der Waals surface area (Å²) in [6.07, 6.45) is -1.31. The Labute approximate surface area is 146 Å². The predicted octanol–water partition coefficient (Wildman–Crippen LogP) is 0.594. The molecule has 1 atom stereocenters. The molecule has 2 rings (SSSR count). The molecule has 1 unspecified atom stereocenters. The molecule has 2 fully saturated rings. The van der Waals surface area contributed by atoms with Crippen LogP contribution in [-0.2, 0) is 10.0 Å². The van der Waals surface area contributed by atoms with E-state index in [1.165, 1.54) is 9.21 Å². The molecule has 2 heterocycles. The van der Waals surface area contributed by atoms with Crippen LogP contribution >= 0.6 is 0 Å². The zero-order valence-electron chi connectivity index (χ0n) is 14.2. The van der Waals surface area contributed by atoms with E-state index in [1.54, 1.807) is 0 Å². The second-order valence-electron chi connectivity index (χ2n) is 6.80. The number of urea groups is 1. The average molecular weight is 386 g/mol. The minimum Gasteiger partial charge on any atom is -0.338 e. The van der Waals surface area contributed by atoms with Crippen molar-refractivity contribution in [3.05, 3.63) is 0 Å². The number of nitrogens with zero attached hydrogens (tertiary/aromatic N) is 2. The molecular weight excluding hydrogens is 361 g/mol. The fourth-order valence-electron chi connectivity index (χ4n) is 3.28. The fraction of sp³-hybridized carbons (Fsp3) is 0.929. The van der Waals surface area contributed by atoms with E-state index in [0.29, 0.717) is 52.0 Å². The maximum atomic E-state index is 12.3. The summed E-state index contributed by atoms with van der Waals surface area (Å²) in [5, 5.41) is 5.51. The highest BCUT2D eigenvalue weighted by Crippen LogP contribution is 2.22. The Morgan fingerprint density at radius 1 is 1.16 bits per heavy atom. The lowest BCUT2D eigenvalue weighted by atomic mass is 10.1. The average Bonchev–Trinajstić information content (AvgIpc) is 2.90. The van der Waals surface area contributed by atoms with Crippen molar-refractivity contribution in [2.45, 2.75) is 31.5 Å². The van der Waals surface area contributed by atoms with Crippen LogP contribution in [0.2, 0.25) is 0 Å². The van der Waals surface area contributed by atoms with Gasteiger partial charge in [0.15, 0.2) is 0 Å². The Morgan fingerprint density at radius 2 is 1.80 bits per heavy atom. The topological polar surface area (TPSA) is 81.8 Å². The third-order valence-electron chi connectivity index (χ3n) is 4.58. The monoisotopic (exact) mass is 386 g/mol. The van der Waals surface area contributed by atoms with Crippen LogP contribution < -0.4 is 10.6 Å². The zero-order valence-corrected chi connectivity index (χ0v) is 15.0. The lowest BCUT2D eigenvalue weighted by Crippen LogP contribution is -2.49. The maximum Gasteiger partial charge on any atom is 0.401 e. The Hall–Kier alpha value is -1.07. The van der Waals surface area contributed by atoms with Crippen molar-refractivity contribution < 1.29 is 26.4 Å². The summed E-state index contributed by atoms with van der Waals surface area (Å²) >= 11 is 0. The van der Waals surface area contributed by atoms with Gasteiger partial charge in [0.1, 0.15) is 0 Å². The van der Waals surface area contributed by atoms with Gasteiger partial charge in [-0.3, -0.25) is 4.90 Å². The Kier molecular flexibility index (Phi) is 6.55. The molecule has 0 aromatic carbocycles. The first kappa shape index (κ1) is 20.2. The van der Waals surface area contributed by atoms with Crippen molar-refractivity contribution in [1.29, 1.82) is 0 Å². The molecule has 0 bridgehead atoms. The van der Waals surface area contributed by atoms with Crippen molar-refractivity contribution in [3.63, 3.8) is 0 Å².